The smallest absolute Gasteiger partial charge is 0.0713 e. The largest absolute Gasteiger partial charge is 0.270 e. The molecule has 13 heavy (non-hydrogen) atoms. The van der Waals surface area contributed by atoms with Crippen LogP contribution in [0.5, 0.6) is 0 Å². The zero-order valence-corrected chi connectivity index (χ0v) is 8.53. The molecule has 3 N–H and O–H groups in total. The lowest BCUT2D eigenvalue weighted by atomic mass is 10.1. The molecule has 0 aromatic heterocycles. The van der Waals surface area contributed by atoms with Crippen LogP contribution in [0.25, 0.3) is 0 Å². The molecule has 0 spiro atoms. The van der Waals surface area contributed by atoms with Crippen LogP contribution in [0.2, 0.25) is 0 Å². The summed E-state index contributed by atoms with van der Waals surface area (Å²) in [4.78, 5) is 1.37. The van der Waals surface area contributed by atoms with E-state index in [0.29, 0.717) is 5.37 Å². The highest BCUT2D eigenvalue weighted by Gasteiger charge is 2.17. The summed E-state index contributed by atoms with van der Waals surface area (Å²) < 4.78 is 0. The highest BCUT2D eigenvalue weighted by atomic mass is 32.2. The second-order valence-electron chi connectivity index (χ2n) is 3.42. The highest BCUT2D eigenvalue weighted by molar-refractivity contribution is 8.00. The summed E-state index contributed by atoms with van der Waals surface area (Å²) in [5.41, 5.74) is 5.64. The first kappa shape index (κ1) is 9.06. The quantitative estimate of drug-likeness (QED) is 0.529. The fraction of sp³-hybridized carbons (Fsp3) is 0.400. The van der Waals surface area contributed by atoms with Gasteiger partial charge in [0.2, 0.25) is 0 Å². The van der Waals surface area contributed by atoms with Crippen LogP contribution in [0.1, 0.15) is 17.5 Å². The van der Waals surface area contributed by atoms with Crippen molar-refractivity contribution in [3.63, 3.8) is 0 Å². The zero-order valence-electron chi connectivity index (χ0n) is 7.71. The van der Waals surface area contributed by atoms with E-state index in [4.69, 9.17) is 5.84 Å². The minimum Gasteiger partial charge on any atom is -0.270 e. The molecule has 0 amide bonds. The molecule has 1 aromatic carbocycles. The molecule has 1 heterocycles. The van der Waals surface area contributed by atoms with Crippen molar-refractivity contribution in [2.24, 2.45) is 5.84 Å². The third-order valence-electron chi connectivity index (χ3n) is 2.35. The van der Waals surface area contributed by atoms with E-state index in [1.165, 1.54) is 16.0 Å². The van der Waals surface area contributed by atoms with E-state index in [0.717, 1.165) is 12.8 Å². The normalized spacial score (nSPS) is 21.2. The Morgan fingerprint density at radius 2 is 2.38 bits per heavy atom. The van der Waals surface area contributed by atoms with Crippen LogP contribution >= 0.6 is 11.8 Å². The number of nitrogens with two attached hydrogens (primary N) is 1. The number of fused-ring (bicyclic) bond motifs is 1. The van der Waals surface area contributed by atoms with Gasteiger partial charge in [0.1, 0.15) is 0 Å². The van der Waals surface area contributed by atoms with Gasteiger partial charge in [-0.2, -0.15) is 0 Å². The fourth-order valence-corrected chi connectivity index (χ4v) is 2.70. The van der Waals surface area contributed by atoms with Gasteiger partial charge >= 0.3 is 0 Å². The molecule has 1 atom stereocenters. The number of hydrogen-bond donors (Lipinski definition) is 2. The highest BCUT2D eigenvalue weighted by Crippen LogP contribution is 2.33. The summed E-state index contributed by atoms with van der Waals surface area (Å²) in [5, 5.41) is 0.384. The Kier molecular flexibility index (Phi) is 2.58. The molecule has 70 valence electrons. The molecular weight excluding hydrogens is 180 g/mol. The Morgan fingerprint density at radius 3 is 3.15 bits per heavy atom. The second-order valence-corrected chi connectivity index (χ2v) is 4.67. The molecule has 2 rings (SSSR count). The third kappa shape index (κ3) is 1.88. The van der Waals surface area contributed by atoms with E-state index >= 15 is 0 Å². The summed E-state index contributed by atoms with van der Waals surface area (Å²) in [6.45, 7) is 2.14. The Labute approximate surface area is 82.9 Å². The second kappa shape index (κ2) is 3.70. The standard InChI is InChI=1S/C10H14N2S/c1-7-2-4-9-8(6-7)3-5-10(12-11)13-9/h2,4,6,10,12H,3,5,11H2,1H3. The van der Waals surface area contributed by atoms with Gasteiger partial charge in [-0.1, -0.05) is 17.7 Å². The van der Waals surface area contributed by atoms with Crippen LogP contribution in [0.3, 0.4) is 0 Å². The number of aryl methyl sites for hydroxylation is 2. The number of hydrogen-bond acceptors (Lipinski definition) is 3. The van der Waals surface area contributed by atoms with Gasteiger partial charge in [-0.15, -0.1) is 11.8 Å². The lowest BCUT2D eigenvalue weighted by Gasteiger charge is -2.23. The van der Waals surface area contributed by atoms with E-state index < -0.39 is 0 Å². The lowest BCUT2D eigenvalue weighted by Crippen LogP contribution is -2.34. The van der Waals surface area contributed by atoms with Crippen LogP contribution in [0.4, 0.5) is 0 Å². The molecule has 0 saturated carbocycles. The van der Waals surface area contributed by atoms with Gasteiger partial charge in [-0.25, -0.2) is 5.43 Å². The van der Waals surface area contributed by atoms with Gasteiger partial charge < -0.3 is 0 Å². The predicted octanol–water partition coefficient (Wildman–Crippen LogP) is 1.82. The molecule has 0 radical (unpaired) electrons. The van der Waals surface area contributed by atoms with Crippen molar-refractivity contribution in [2.75, 3.05) is 0 Å². The van der Waals surface area contributed by atoms with Crippen LogP contribution in [0.15, 0.2) is 23.1 Å². The molecule has 0 aliphatic carbocycles. The minimum absolute atomic E-state index is 0.384. The number of thioether (sulfide) groups is 1. The summed E-state index contributed by atoms with van der Waals surface area (Å²) >= 11 is 1.83. The third-order valence-corrected chi connectivity index (χ3v) is 3.66. The molecule has 1 aromatic rings. The summed E-state index contributed by atoms with van der Waals surface area (Å²) in [7, 11) is 0. The molecular formula is C10H14N2S. The molecule has 0 saturated heterocycles. The van der Waals surface area contributed by atoms with Crippen molar-refractivity contribution < 1.29 is 0 Å². The van der Waals surface area contributed by atoms with Crippen LogP contribution in [-0.4, -0.2) is 5.37 Å². The predicted molar refractivity (Wildman–Crippen MR) is 56.5 cm³/mol. The molecule has 0 fully saturated rings. The van der Waals surface area contributed by atoms with Gasteiger partial charge in [-0.3, -0.25) is 5.84 Å². The summed E-state index contributed by atoms with van der Waals surface area (Å²) in [6.07, 6.45) is 2.26. The fourth-order valence-electron chi connectivity index (χ4n) is 1.63. The number of benzene rings is 1. The SMILES string of the molecule is Cc1ccc2c(c1)CCC(NN)S2. The number of nitrogens with one attached hydrogen (secondary N) is 1. The van der Waals surface area contributed by atoms with E-state index in [1.807, 2.05) is 11.8 Å². The number of hydrazine groups is 1. The van der Waals surface area contributed by atoms with E-state index in [2.05, 4.69) is 30.5 Å². The summed E-state index contributed by atoms with van der Waals surface area (Å²) in [5.74, 6) is 5.42. The maximum absolute atomic E-state index is 5.42. The van der Waals surface area contributed by atoms with Gasteiger partial charge in [0.05, 0.1) is 5.37 Å². The number of rotatable bonds is 1. The van der Waals surface area contributed by atoms with Crippen molar-refractivity contribution >= 4 is 11.8 Å². The average Bonchev–Trinajstić information content (AvgIpc) is 2.17. The molecule has 0 bridgehead atoms. The van der Waals surface area contributed by atoms with E-state index in [-0.39, 0.29) is 0 Å². The van der Waals surface area contributed by atoms with Crippen molar-refractivity contribution in [1.29, 1.82) is 0 Å². The minimum atomic E-state index is 0.384. The maximum Gasteiger partial charge on any atom is 0.0713 e. The zero-order chi connectivity index (χ0) is 9.26. The van der Waals surface area contributed by atoms with Crippen molar-refractivity contribution in [2.45, 2.75) is 30.0 Å². The molecule has 1 aliphatic rings. The van der Waals surface area contributed by atoms with Gasteiger partial charge in [-0.05, 0) is 31.4 Å². The van der Waals surface area contributed by atoms with Crippen molar-refractivity contribution in [3.05, 3.63) is 29.3 Å². The van der Waals surface area contributed by atoms with Gasteiger partial charge in [0.15, 0.2) is 0 Å². The first-order chi connectivity index (χ1) is 6.29. The lowest BCUT2D eigenvalue weighted by molar-refractivity contribution is 0.621. The first-order valence-electron chi connectivity index (χ1n) is 4.52. The molecule has 1 unspecified atom stereocenters. The van der Waals surface area contributed by atoms with Gasteiger partial charge in [0.25, 0.3) is 0 Å². The van der Waals surface area contributed by atoms with E-state index in [9.17, 15) is 0 Å². The topological polar surface area (TPSA) is 38.0 Å². The summed E-state index contributed by atoms with van der Waals surface area (Å²) in [6, 6.07) is 6.62. The van der Waals surface area contributed by atoms with Crippen LogP contribution < -0.4 is 11.3 Å². The Hall–Kier alpha value is -0.510. The average molecular weight is 194 g/mol. The Morgan fingerprint density at radius 1 is 1.54 bits per heavy atom. The molecule has 1 aliphatic heterocycles. The molecule has 3 heteroatoms. The van der Waals surface area contributed by atoms with Crippen molar-refractivity contribution in [1.82, 2.24) is 5.43 Å². The van der Waals surface area contributed by atoms with Crippen LogP contribution in [-0.2, 0) is 6.42 Å². The molecule has 2 nitrogen and oxygen atoms in total. The van der Waals surface area contributed by atoms with Crippen molar-refractivity contribution in [3.8, 4) is 0 Å². The maximum atomic E-state index is 5.42. The Bertz CT molecular complexity index is 312. The van der Waals surface area contributed by atoms with E-state index in [1.54, 1.807) is 0 Å². The van der Waals surface area contributed by atoms with Crippen LogP contribution in [0, 0.1) is 6.92 Å². The van der Waals surface area contributed by atoms with Gasteiger partial charge in [0, 0.05) is 4.90 Å². The monoisotopic (exact) mass is 194 g/mol. The first-order valence-corrected chi connectivity index (χ1v) is 5.40. The Balaban J connectivity index is 2.26.